The van der Waals surface area contributed by atoms with E-state index in [1.165, 1.54) is 18.4 Å². The van der Waals surface area contributed by atoms with Gasteiger partial charge in [0.15, 0.2) is 5.78 Å². The molecule has 1 N–H and O–H groups in total. The summed E-state index contributed by atoms with van der Waals surface area (Å²) in [5.74, 6) is 1.41. The van der Waals surface area contributed by atoms with E-state index in [2.05, 4.69) is 59.4 Å². The first-order valence-electron chi connectivity index (χ1n) is 16.4. The second kappa shape index (κ2) is 8.68. The Morgan fingerprint density at radius 3 is 2.23 bits per heavy atom. The molecule has 39 heavy (non-hydrogen) atoms. The minimum absolute atomic E-state index is 0.0126. The van der Waals surface area contributed by atoms with Crippen molar-refractivity contribution in [1.29, 1.82) is 0 Å². The predicted octanol–water partition coefficient (Wildman–Crippen LogP) is 7.34. The Hall–Kier alpha value is -1.16. The number of fused-ring (bicyclic) bond motifs is 7. The molecular formula is C35H55NO3. The van der Waals surface area contributed by atoms with Gasteiger partial charge in [0.25, 0.3) is 0 Å². The van der Waals surface area contributed by atoms with Crippen LogP contribution in [0.3, 0.4) is 0 Å². The van der Waals surface area contributed by atoms with Crippen LogP contribution in [-0.2, 0) is 9.59 Å². The lowest BCUT2D eigenvalue weighted by atomic mass is 9.33. The molecule has 4 heteroatoms. The Balaban J connectivity index is 1.39. The van der Waals surface area contributed by atoms with Gasteiger partial charge in [-0.2, -0.15) is 0 Å². The van der Waals surface area contributed by atoms with E-state index in [0.29, 0.717) is 23.5 Å². The summed E-state index contributed by atoms with van der Waals surface area (Å²) in [6, 6.07) is 0. The number of hydrogen-bond donors (Lipinski definition) is 1. The van der Waals surface area contributed by atoms with Crippen molar-refractivity contribution >= 4 is 11.7 Å². The molecule has 5 aliphatic carbocycles. The lowest BCUT2D eigenvalue weighted by molar-refractivity contribution is -0.202. The van der Waals surface area contributed by atoms with Crippen LogP contribution < -0.4 is 0 Å². The van der Waals surface area contributed by atoms with E-state index in [1.807, 2.05) is 0 Å². The molecule has 6 rings (SSSR count). The van der Waals surface area contributed by atoms with Crippen molar-refractivity contribution in [2.75, 3.05) is 13.1 Å². The Bertz CT molecular complexity index is 1090. The zero-order valence-corrected chi connectivity index (χ0v) is 26.0. The highest BCUT2D eigenvalue weighted by Gasteiger charge is 2.70. The quantitative estimate of drug-likeness (QED) is 0.381. The van der Waals surface area contributed by atoms with Gasteiger partial charge in [-0.25, -0.2) is 0 Å². The van der Waals surface area contributed by atoms with E-state index in [4.69, 9.17) is 0 Å². The van der Waals surface area contributed by atoms with Crippen LogP contribution in [0.2, 0.25) is 0 Å². The molecule has 6 aliphatic rings. The molecule has 4 nitrogen and oxygen atoms in total. The average molecular weight is 538 g/mol. The van der Waals surface area contributed by atoms with Crippen molar-refractivity contribution in [3.05, 3.63) is 11.6 Å². The van der Waals surface area contributed by atoms with Crippen LogP contribution in [0.5, 0.6) is 0 Å². The van der Waals surface area contributed by atoms with Gasteiger partial charge in [0, 0.05) is 24.4 Å². The Morgan fingerprint density at radius 1 is 0.872 bits per heavy atom. The molecule has 1 saturated heterocycles. The summed E-state index contributed by atoms with van der Waals surface area (Å²) in [6.45, 7) is 18.4. The van der Waals surface area contributed by atoms with Crippen LogP contribution in [0.1, 0.15) is 126 Å². The van der Waals surface area contributed by atoms with Gasteiger partial charge in [-0.3, -0.25) is 9.59 Å². The summed E-state index contributed by atoms with van der Waals surface area (Å²) in [7, 11) is 0. The number of ketones is 1. The van der Waals surface area contributed by atoms with Gasteiger partial charge in [0.05, 0.1) is 6.10 Å². The molecule has 0 aromatic heterocycles. The first kappa shape index (κ1) is 28.0. The van der Waals surface area contributed by atoms with E-state index in [-0.39, 0.29) is 44.5 Å². The molecule has 9 atom stereocenters. The normalized spacial score (nSPS) is 51.1. The van der Waals surface area contributed by atoms with Gasteiger partial charge in [0.2, 0.25) is 5.91 Å². The summed E-state index contributed by atoms with van der Waals surface area (Å²) in [6.07, 6.45) is 14.5. The first-order valence-corrected chi connectivity index (χ1v) is 16.4. The Morgan fingerprint density at radius 2 is 1.54 bits per heavy atom. The van der Waals surface area contributed by atoms with Crippen LogP contribution in [-0.4, -0.2) is 40.9 Å². The highest BCUT2D eigenvalue weighted by Crippen LogP contribution is 2.75. The van der Waals surface area contributed by atoms with Crippen molar-refractivity contribution in [3.63, 3.8) is 0 Å². The summed E-state index contributed by atoms with van der Waals surface area (Å²) >= 11 is 0. The maximum absolute atomic E-state index is 14.5. The predicted molar refractivity (Wildman–Crippen MR) is 156 cm³/mol. The minimum Gasteiger partial charge on any atom is -0.393 e. The lowest BCUT2D eigenvalue weighted by Gasteiger charge is -2.70. The van der Waals surface area contributed by atoms with Crippen molar-refractivity contribution in [1.82, 2.24) is 4.90 Å². The van der Waals surface area contributed by atoms with Gasteiger partial charge in [-0.1, -0.05) is 54.0 Å². The summed E-state index contributed by atoms with van der Waals surface area (Å²) in [4.78, 5) is 30.6. The number of hydrogen-bond acceptors (Lipinski definition) is 3. The molecule has 0 bridgehead atoms. The molecule has 1 aliphatic heterocycles. The molecule has 0 spiro atoms. The van der Waals surface area contributed by atoms with Gasteiger partial charge < -0.3 is 10.0 Å². The van der Waals surface area contributed by atoms with E-state index in [9.17, 15) is 14.7 Å². The van der Waals surface area contributed by atoms with Gasteiger partial charge >= 0.3 is 0 Å². The van der Waals surface area contributed by atoms with Gasteiger partial charge in [-0.15, -0.1) is 0 Å². The topological polar surface area (TPSA) is 57.6 Å². The number of carbonyl (C=O) groups is 2. The number of piperidine rings is 1. The number of nitrogens with zero attached hydrogens (tertiary/aromatic N) is 1. The Labute approximate surface area is 237 Å². The van der Waals surface area contributed by atoms with Crippen LogP contribution in [0.15, 0.2) is 11.6 Å². The zero-order chi connectivity index (χ0) is 28.2. The van der Waals surface area contributed by atoms with E-state index in [0.717, 1.165) is 77.3 Å². The minimum atomic E-state index is -0.325. The molecule has 0 aromatic carbocycles. The highest BCUT2D eigenvalue weighted by molar-refractivity contribution is 5.95. The monoisotopic (exact) mass is 537 g/mol. The molecule has 218 valence electrons. The third-order valence-corrected chi connectivity index (χ3v) is 14.7. The van der Waals surface area contributed by atoms with Crippen LogP contribution in [0.25, 0.3) is 0 Å². The summed E-state index contributed by atoms with van der Waals surface area (Å²) in [5.41, 5.74) is 0.910. The summed E-state index contributed by atoms with van der Waals surface area (Å²) in [5, 5.41) is 11.0. The largest absolute Gasteiger partial charge is 0.393 e. The lowest BCUT2D eigenvalue weighted by Crippen LogP contribution is -2.66. The van der Waals surface area contributed by atoms with E-state index >= 15 is 0 Å². The highest BCUT2D eigenvalue weighted by atomic mass is 16.3. The molecular weight excluding hydrogens is 482 g/mol. The molecule has 2 unspecified atom stereocenters. The molecule has 0 radical (unpaired) electrons. The standard InChI is InChI=1S/C35H55NO3/c1-30(2)26-11-14-35(7)28(33(26,5)13-12-27(30)38)25(37)21-23-24-22-32(4,29(39)36-19-9-8-10-20-36)16-15-31(24,3)17-18-34(23,35)6/h21,24,26-28,38H,8-20,22H2,1-7H3/t24?,26?,27-,28+,31+,32-,33-,34+,35+/m0/s1. The number of aliphatic hydroxyl groups is 1. The van der Waals surface area contributed by atoms with E-state index < -0.39 is 0 Å². The van der Waals surface area contributed by atoms with Crippen molar-refractivity contribution < 1.29 is 14.7 Å². The van der Waals surface area contributed by atoms with Crippen molar-refractivity contribution in [2.45, 2.75) is 132 Å². The fourth-order valence-electron chi connectivity index (χ4n) is 11.8. The summed E-state index contributed by atoms with van der Waals surface area (Å²) < 4.78 is 0. The maximum Gasteiger partial charge on any atom is 0.228 e. The van der Waals surface area contributed by atoms with Crippen LogP contribution in [0.4, 0.5) is 0 Å². The first-order chi connectivity index (χ1) is 18.1. The number of carbonyl (C=O) groups excluding carboxylic acids is 2. The maximum atomic E-state index is 14.5. The van der Waals surface area contributed by atoms with Crippen molar-refractivity contribution in [3.8, 4) is 0 Å². The second-order valence-electron chi connectivity index (χ2n) is 17.0. The number of aliphatic hydroxyl groups excluding tert-OH is 1. The zero-order valence-electron chi connectivity index (χ0n) is 26.0. The van der Waals surface area contributed by atoms with E-state index in [1.54, 1.807) is 0 Å². The van der Waals surface area contributed by atoms with Crippen LogP contribution in [0, 0.1) is 50.2 Å². The SMILES string of the molecule is CC1(C)C2CC[C@]3(C)[C@H](C(=O)C=C4C5C[C@@](C)(C(=O)N6CCCCC6)CC[C@]5(C)CC[C@]43C)[C@@]2(C)CC[C@@H]1O. The van der Waals surface area contributed by atoms with Crippen LogP contribution >= 0.6 is 0 Å². The number of allylic oxidation sites excluding steroid dienone is 2. The third kappa shape index (κ3) is 3.64. The van der Waals surface area contributed by atoms with Gasteiger partial charge in [-0.05, 0) is 122 Å². The fraction of sp³-hybridized carbons (Fsp3) is 0.886. The number of likely N-dealkylation sites (tertiary alicyclic amines) is 1. The van der Waals surface area contributed by atoms with Gasteiger partial charge in [0.1, 0.15) is 0 Å². The van der Waals surface area contributed by atoms with Crippen molar-refractivity contribution in [2.24, 2.45) is 50.2 Å². The molecule has 0 aromatic rings. The molecule has 1 amide bonds. The molecule has 5 fully saturated rings. The molecule has 1 heterocycles. The number of rotatable bonds is 1. The smallest absolute Gasteiger partial charge is 0.228 e. The molecule has 4 saturated carbocycles. The fourth-order valence-corrected chi connectivity index (χ4v) is 11.8. The second-order valence-corrected chi connectivity index (χ2v) is 17.0. The third-order valence-electron chi connectivity index (χ3n) is 14.7. The number of amides is 1. The Kier molecular flexibility index (Phi) is 6.23. The average Bonchev–Trinajstić information content (AvgIpc) is 2.89.